The Morgan fingerprint density at radius 1 is 1.10 bits per heavy atom. The van der Waals surface area contributed by atoms with E-state index in [0.717, 1.165) is 17.4 Å². The van der Waals surface area contributed by atoms with Crippen LogP contribution in [0.3, 0.4) is 0 Å². The van der Waals surface area contributed by atoms with Gasteiger partial charge in [0.1, 0.15) is 0 Å². The lowest BCUT2D eigenvalue weighted by Gasteiger charge is -2.11. The van der Waals surface area contributed by atoms with Crippen LogP contribution in [0.5, 0.6) is 0 Å². The van der Waals surface area contributed by atoms with Crippen molar-refractivity contribution in [2.45, 2.75) is 18.2 Å². The summed E-state index contributed by atoms with van der Waals surface area (Å²) in [5.74, 6) is -1.35. The molecule has 3 nitrogen and oxygen atoms in total. The number of pyridine rings is 1. The maximum atomic E-state index is 13.8. The zero-order chi connectivity index (χ0) is 15.2. The van der Waals surface area contributed by atoms with Gasteiger partial charge in [0.15, 0.2) is 23.3 Å². The van der Waals surface area contributed by atoms with Crippen molar-refractivity contribution < 1.29 is 8.78 Å². The van der Waals surface area contributed by atoms with Crippen molar-refractivity contribution in [3.63, 3.8) is 0 Å². The number of nitrogens with one attached hydrogen (secondary N) is 2. The van der Waals surface area contributed by atoms with Crippen molar-refractivity contribution >= 4 is 29.1 Å². The summed E-state index contributed by atoms with van der Waals surface area (Å²) < 4.78 is 27.4. The average Bonchev–Trinajstić information content (AvgIpc) is 2.49. The van der Waals surface area contributed by atoms with Crippen LogP contribution in [-0.2, 0) is 0 Å². The second-order valence-corrected chi connectivity index (χ2v) is 5.31. The predicted octanol–water partition coefficient (Wildman–Crippen LogP) is 4.65. The highest BCUT2D eigenvalue weighted by molar-refractivity contribution is 7.98. The number of hydrogen-bond acceptors (Lipinski definition) is 4. The van der Waals surface area contributed by atoms with Gasteiger partial charge < -0.3 is 10.6 Å². The topological polar surface area (TPSA) is 37.0 Å². The molecule has 0 amide bonds. The maximum absolute atomic E-state index is 13.8. The molecule has 2 N–H and O–H groups in total. The third-order valence-corrected chi connectivity index (χ3v) is 3.57. The maximum Gasteiger partial charge on any atom is 0.169 e. The highest BCUT2D eigenvalue weighted by Crippen LogP contribution is 2.24. The van der Waals surface area contributed by atoms with E-state index in [1.54, 1.807) is 11.8 Å². The first-order chi connectivity index (χ1) is 10.1. The Morgan fingerprint density at radius 3 is 2.38 bits per heavy atom. The van der Waals surface area contributed by atoms with E-state index in [1.807, 2.05) is 37.4 Å². The molecule has 0 saturated heterocycles. The molecule has 0 atom stereocenters. The Morgan fingerprint density at radius 2 is 1.76 bits per heavy atom. The van der Waals surface area contributed by atoms with Gasteiger partial charge in [-0.3, -0.25) is 0 Å². The molecular formula is C15H17F2N3S. The molecule has 0 saturated carbocycles. The number of halogens is 2. The fourth-order valence-corrected chi connectivity index (χ4v) is 2.14. The van der Waals surface area contributed by atoms with Crippen molar-refractivity contribution in [3.05, 3.63) is 42.0 Å². The first kappa shape index (κ1) is 15.6. The molecule has 0 fully saturated rings. The van der Waals surface area contributed by atoms with Gasteiger partial charge in [0.05, 0.1) is 0 Å². The van der Waals surface area contributed by atoms with E-state index >= 15 is 0 Å². The highest BCUT2D eigenvalue weighted by Gasteiger charge is 2.11. The van der Waals surface area contributed by atoms with Crippen molar-refractivity contribution in [2.24, 2.45) is 0 Å². The molecule has 1 heterocycles. The van der Waals surface area contributed by atoms with Gasteiger partial charge in [0, 0.05) is 23.2 Å². The summed E-state index contributed by atoms with van der Waals surface area (Å²) in [7, 11) is 0. The molecule has 2 aromatic rings. The molecule has 21 heavy (non-hydrogen) atoms. The molecule has 0 aliphatic carbocycles. The zero-order valence-electron chi connectivity index (χ0n) is 11.9. The molecule has 2 rings (SSSR count). The third-order valence-electron chi connectivity index (χ3n) is 2.82. The molecule has 0 aliphatic rings. The molecular weight excluding hydrogens is 292 g/mol. The van der Waals surface area contributed by atoms with Gasteiger partial charge in [-0.25, -0.2) is 13.8 Å². The van der Waals surface area contributed by atoms with Crippen LogP contribution in [0.2, 0.25) is 0 Å². The minimum atomic E-state index is -0.719. The standard InChI is InChI=1S/C15H17F2N3S/c1-3-8-18-14-12(16)9-13(17)15(20-14)19-10-4-6-11(21-2)7-5-10/h4-7,9H,3,8H2,1-2H3,(H2,18,19,20). The van der Waals surface area contributed by atoms with Gasteiger partial charge in [-0.05, 0) is 36.9 Å². The first-order valence-electron chi connectivity index (χ1n) is 6.65. The number of rotatable bonds is 6. The monoisotopic (exact) mass is 309 g/mol. The molecule has 112 valence electrons. The van der Waals surface area contributed by atoms with Crippen molar-refractivity contribution in [3.8, 4) is 0 Å². The van der Waals surface area contributed by atoms with Gasteiger partial charge >= 0.3 is 0 Å². The van der Waals surface area contributed by atoms with E-state index < -0.39 is 11.6 Å². The number of nitrogens with zero attached hydrogens (tertiary/aromatic N) is 1. The van der Waals surface area contributed by atoms with Crippen molar-refractivity contribution in [1.29, 1.82) is 0 Å². The van der Waals surface area contributed by atoms with Gasteiger partial charge in [-0.15, -0.1) is 11.8 Å². The molecule has 0 aliphatic heterocycles. The van der Waals surface area contributed by atoms with Crippen LogP contribution in [0.25, 0.3) is 0 Å². The van der Waals surface area contributed by atoms with Gasteiger partial charge in [0.25, 0.3) is 0 Å². The van der Waals surface area contributed by atoms with Gasteiger partial charge in [-0.1, -0.05) is 6.92 Å². The fraction of sp³-hybridized carbons (Fsp3) is 0.267. The summed E-state index contributed by atoms with van der Waals surface area (Å²) in [5.41, 5.74) is 0.701. The zero-order valence-corrected chi connectivity index (χ0v) is 12.7. The summed E-state index contributed by atoms with van der Waals surface area (Å²) in [5, 5.41) is 5.70. The van der Waals surface area contributed by atoms with Crippen molar-refractivity contribution in [2.75, 3.05) is 23.4 Å². The molecule has 0 unspecified atom stereocenters. The quantitative estimate of drug-likeness (QED) is 0.762. The molecule has 0 spiro atoms. The Hall–Kier alpha value is -1.82. The number of anilines is 3. The van der Waals surface area contributed by atoms with Gasteiger partial charge in [0.2, 0.25) is 0 Å². The smallest absolute Gasteiger partial charge is 0.169 e. The molecule has 0 radical (unpaired) electrons. The highest BCUT2D eigenvalue weighted by atomic mass is 32.2. The second kappa shape index (κ2) is 7.26. The summed E-state index contributed by atoms with van der Waals surface area (Å²) in [4.78, 5) is 5.08. The summed E-state index contributed by atoms with van der Waals surface area (Å²) in [6, 6.07) is 8.34. The molecule has 0 bridgehead atoms. The lowest BCUT2D eigenvalue weighted by molar-refractivity contribution is 0.579. The minimum absolute atomic E-state index is 0.00639. The number of benzene rings is 1. The van der Waals surface area contributed by atoms with E-state index in [-0.39, 0.29) is 11.6 Å². The van der Waals surface area contributed by atoms with Crippen LogP contribution in [0.1, 0.15) is 13.3 Å². The van der Waals surface area contributed by atoms with Crippen molar-refractivity contribution in [1.82, 2.24) is 4.98 Å². The number of aromatic nitrogens is 1. The van der Waals surface area contributed by atoms with Crippen LogP contribution in [0, 0.1) is 11.6 Å². The largest absolute Gasteiger partial charge is 0.368 e. The molecule has 6 heteroatoms. The Labute approximate surface area is 127 Å². The molecule has 1 aromatic carbocycles. The molecule has 1 aromatic heterocycles. The van der Waals surface area contributed by atoms with Crippen LogP contribution in [0.15, 0.2) is 35.2 Å². The Bertz CT molecular complexity index is 603. The SMILES string of the molecule is CCCNc1nc(Nc2ccc(SC)cc2)c(F)cc1F. The third kappa shape index (κ3) is 4.07. The Balaban J connectivity index is 2.21. The summed E-state index contributed by atoms with van der Waals surface area (Å²) >= 11 is 1.62. The summed E-state index contributed by atoms with van der Waals surface area (Å²) in [6.07, 6.45) is 2.81. The fourth-order valence-electron chi connectivity index (χ4n) is 1.73. The van der Waals surface area contributed by atoms with Crippen LogP contribution < -0.4 is 10.6 Å². The average molecular weight is 309 g/mol. The van der Waals surface area contributed by atoms with E-state index in [1.165, 1.54) is 0 Å². The lowest BCUT2D eigenvalue weighted by atomic mass is 10.3. The normalized spacial score (nSPS) is 10.5. The number of thioether (sulfide) groups is 1. The Kier molecular flexibility index (Phi) is 5.38. The predicted molar refractivity (Wildman–Crippen MR) is 84.4 cm³/mol. The lowest BCUT2D eigenvalue weighted by Crippen LogP contribution is -2.07. The second-order valence-electron chi connectivity index (χ2n) is 4.43. The van der Waals surface area contributed by atoms with Crippen LogP contribution in [0.4, 0.5) is 26.1 Å². The van der Waals surface area contributed by atoms with E-state index in [4.69, 9.17) is 0 Å². The van der Waals surface area contributed by atoms with E-state index in [9.17, 15) is 8.78 Å². The number of hydrogen-bond donors (Lipinski definition) is 2. The first-order valence-corrected chi connectivity index (χ1v) is 7.87. The van der Waals surface area contributed by atoms with Crippen LogP contribution in [-0.4, -0.2) is 17.8 Å². The van der Waals surface area contributed by atoms with E-state index in [2.05, 4.69) is 15.6 Å². The van der Waals surface area contributed by atoms with E-state index in [0.29, 0.717) is 12.2 Å². The summed E-state index contributed by atoms with van der Waals surface area (Å²) in [6.45, 7) is 2.54. The van der Waals surface area contributed by atoms with Gasteiger partial charge in [-0.2, -0.15) is 0 Å². The minimum Gasteiger partial charge on any atom is -0.368 e. The van der Waals surface area contributed by atoms with Crippen LogP contribution >= 0.6 is 11.8 Å².